The summed E-state index contributed by atoms with van der Waals surface area (Å²) in [4.78, 5) is 13.9. The van der Waals surface area contributed by atoms with Crippen LogP contribution in [0.15, 0.2) is 54.6 Å². The third-order valence-corrected chi connectivity index (χ3v) is 3.39. The Labute approximate surface area is 143 Å². The summed E-state index contributed by atoms with van der Waals surface area (Å²) in [5, 5.41) is 11.9. The Morgan fingerprint density at radius 2 is 1.75 bits per heavy atom. The maximum absolute atomic E-state index is 12.3. The molecule has 0 saturated carbocycles. The Morgan fingerprint density at radius 1 is 1.04 bits per heavy atom. The van der Waals surface area contributed by atoms with Crippen molar-refractivity contribution >= 4 is 11.7 Å². The normalized spacial score (nSPS) is 9.75. The van der Waals surface area contributed by atoms with Gasteiger partial charge in [0.1, 0.15) is 0 Å². The standard InChI is InChI=1S/C20H22N2O2/c1-2-13-22(14-15-23)20(24)21-19-10-6-9-18(16-19)12-11-17-7-4-3-5-8-17/h3-10,16,23H,2,13-15H2,1H3,(H,21,24). The van der Waals surface area contributed by atoms with Crippen LogP contribution in [0.5, 0.6) is 0 Å². The molecule has 0 spiro atoms. The van der Waals surface area contributed by atoms with Gasteiger partial charge in [-0.05, 0) is 36.8 Å². The molecule has 0 radical (unpaired) electrons. The molecule has 4 nitrogen and oxygen atoms in total. The fourth-order valence-electron chi connectivity index (χ4n) is 2.25. The van der Waals surface area contributed by atoms with E-state index in [4.69, 9.17) is 5.11 Å². The van der Waals surface area contributed by atoms with E-state index in [1.807, 2.05) is 61.5 Å². The van der Waals surface area contributed by atoms with Crippen molar-refractivity contribution in [1.82, 2.24) is 4.90 Å². The Balaban J connectivity index is 2.07. The molecule has 0 aromatic heterocycles. The molecule has 4 heteroatoms. The molecule has 0 fully saturated rings. The van der Waals surface area contributed by atoms with Gasteiger partial charge in [-0.3, -0.25) is 0 Å². The molecule has 0 aliphatic carbocycles. The first-order valence-corrected chi connectivity index (χ1v) is 8.07. The number of aliphatic hydroxyl groups is 1. The Bertz CT molecular complexity index is 711. The van der Waals surface area contributed by atoms with Gasteiger partial charge in [0, 0.05) is 29.9 Å². The zero-order valence-corrected chi connectivity index (χ0v) is 13.8. The molecule has 24 heavy (non-hydrogen) atoms. The van der Waals surface area contributed by atoms with E-state index in [0.717, 1.165) is 17.5 Å². The SMILES string of the molecule is CCCN(CCO)C(=O)Nc1cccc(C#Cc2ccccc2)c1. The first kappa shape index (κ1) is 17.6. The zero-order chi connectivity index (χ0) is 17.2. The van der Waals surface area contributed by atoms with Crippen LogP contribution in [0.3, 0.4) is 0 Å². The van der Waals surface area contributed by atoms with Gasteiger partial charge in [-0.2, -0.15) is 0 Å². The van der Waals surface area contributed by atoms with Gasteiger partial charge in [0.2, 0.25) is 0 Å². The number of nitrogens with one attached hydrogen (secondary N) is 1. The molecule has 0 atom stereocenters. The number of carbonyl (C=O) groups excluding carboxylic acids is 1. The Hall–Kier alpha value is -2.77. The lowest BCUT2D eigenvalue weighted by atomic mass is 10.1. The first-order valence-electron chi connectivity index (χ1n) is 8.07. The molecule has 2 N–H and O–H groups in total. The van der Waals surface area contributed by atoms with E-state index in [1.165, 1.54) is 0 Å². The van der Waals surface area contributed by atoms with E-state index in [0.29, 0.717) is 18.8 Å². The highest BCUT2D eigenvalue weighted by molar-refractivity contribution is 5.89. The fourth-order valence-corrected chi connectivity index (χ4v) is 2.25. The monoisotopic (exact) mass is 322 g/mol. The van der Waals surface area contributed by atoms with Crippen LogP contribution < -0.4 is 5.32 Å². The van der Waals surface area contributed by atoms with Gasteiger partial charge in [0.15, 0.2) is 0 Å². The van der Waals surface area contributed by atoms with E-state index >= 15 is 0 Å². The van der Waals surface area contributed by atoms with Crippen LogP contribution in [0.2, 0.25) is 0 Å². The van der Waals surface area contributed by atoms with Gasteiger partial charge >= 0.3 is 6.03 Å². The number of anilines is 1. The molecular formula is C20H22N2O2. The molecule has 0 saturated heterocycles. The molecule has 0 unspecified atom stereocenters. The maximum Gasteiger partial charge on any atom is 0.321 e. The molecule has 2 rings (SSSR count). The van der Waals surface area contributed by atoms with Crippen molar-refractivity contribution in [2.45, 2.75) is 13.3 Å². The summed E-state index contributed by atoms with van der Waals surface area (Å²) in [5.74, 6) is 6.20. The maximum atomic E-state index is 12.3. The van der Waals surface area contributed by atoms with Gasteiger partial charge in [0.25, 0.3) is 0 Å². The highest BCUT2D eigenvalue weighted by atomic mass is 16.3. The highest BCUT2D eigenvalue weighted by Gasteiger charge is 2.11. The molecule has 0 aliphatic rings. The summed E-state index contributed by atoms with van der Waals surface area (Å²) < 4.78 is 0. The van der Waals surface area contributed by atoms with Crippen LogP contribution in [-0.2, 0) is 0 Å². The topological polar surface area (TPSA) is 52.6 Å². The van der Waals surface area contributed by atoms with E-state index < -0.39 is 0 Å². The van der Waals surface area contributed by atoms with Crippen molar-refractivity contribution in [1.29, 1.82) is 0 Å². The average molecular weight is 322 g/mol. The number of benzene rings is 2. The molecule has 0 bridgehead atoms. The summed E-state index contributed by atoms with van der Waals surface area (Å²) >= 11 is 0. The van der Waals surface area contributed by atoms with Crippen molar-refractivity contribution in [2.24, 2.45) is 0 Å². The van der Waals surface area contributed by atoms with Crippen LogP contribution in [-0.4, -0.2) is 35.7 Å². The second kappa shape index (κ2) is 9.39. The minimum absolute atomic E-state index is 0.0456. The number of hydrogen-bond donors (Lipinski definition) is 2. The van der Waals surface area contributed by atoms with Gasteiger partial charge in [-0.1, -0.05) is 43.0 Å². The molecule has 2 amide bonds. The smallest absolute Gasteiger partial charge is 0.321 e. The number of aliphatic hydroxyl groups excluding tert-OH is 1. The summed E-state index contributed by atoms with van der Waals surface area (Å²) in [6.45, 7) is 2.89. The van der Waals surface area contributed by atoms with E-state index in [1.54, 1.807) is 4.90 Å². The summed E-state index contributed by atoms with van der Waals surface area (Å²) in [5.41, 5.74) is 2.48. The van der Waals surface area contributed by atoms with E-state index in [9.17, 15) is 4.79 Å². The largest absolute Gasteiger partial charge is 0.395 e. The minimum atomic E-state index is -0.209. The summed E-state index contributed by atoms with van der Waals surface area (Å²) in [6.07, 6.45) is 0.843. The van der Waals surface area contributed by atoms with Crippen molar-refractivity contribution in [3.05, 3.63) is 65.7 Å². The molecule has 2 aromatic carbocycles. The Kier molecular flexibility index (Phi) is 6.88. The van der Waals surface area contributed by atoms with Crippen LogP contribution in [0.25, 0.3) is 0 Å². The lowest BCUT2D eigenvalue weighted by Gasteiger charge is -2.21. The van der Waals surface area contributed by atoms with Gasteiger partial charge in [0.05, 0.1) is 6.61 Å². The number of rotatable bonds is 5. The van der Waals surface area contributed by atoms with Gasteiger partial charge in [-0.15, -0.1) is 0 Å². The zero-order valence-electron chi connectivity index (χ0n) is 13.8. The minimum Gasteiger partial charge on any atom is -0.395 e. The van der Waals surface area contributed by atoms with Crippen molar-refractivity contribution in [3.63, 3.8) is 0 Å². The van der Waals surface area contributed by atoms with E-state index in [-0.39, 0.29) is 12.6 Å². The number of urea groups is 1. The number of carbonyl (C=O) groups is 1. The highest BCUT2D eigenvalue weighted by Crippen LogP contribution is 2.11. The third kappa shape index (κ3) is 5.45. The Morgan fingerprint density at radius 3 is 2.46 bits per heavy atom. The predicted molar refractivity (Wildman–Crippen MR) is 96.8 cm³/mol. The quantitative estimate of drug-likeness (QED) is 0.830. The second-order valence-electron chi connectivity index (χ2n) is 5.34. The lowest BCUT2D eigenvalue weighted by Crippen LogP contribution is -2.37. The summed E-state index contributed by atoms with van der Waals surface area (Å²) in [7, 11) is 0. The molecule has 124 valence electrons. The van der Waals surface area contributed by atoms with E-state index in [2.05, 4.69) is 17.2 Å². The fraction of sp³-hybridized carbons (Fsp3) is 0.250. The lowest BCUT2D eigenvalue weighted by molar-refractivity contribution is 0.188. The van der Waals surface area contributed by atoms with Gasteiger partial charge < -0.3 is 15.3 Å². The van der Waals surface area contributed by atoms with Crippen LogP contribution in [0.1, 0.15) is 24.5 Å². The molecule has 2 aromatic rings. The van der Waals surface area contributed by atoms with Crippen LogP contribution >= 0.6 is 0 Å². The number of hydrogen-bond acceptors (Lipinski definition) is 2. The average Bonchev–Trinajstić information content (AvgIpc) is 2.61. The molecule has 0 heterocycles. The van der Waals surface area contributed by atoms with Crippen LogP contribution in [0.4, 0.5) is 10.5 Å². The predicted octanol–water partition coefficient (Wildman–Crippen LogP) is 3.32. The number of nitrogens with zero attached hydrogens (tertiary/aromatic N) is 1. The van der Waals surface area contributed by atoms with Crippen molar-refractivity contribution in [3.8, 4) is 11.8 Å². The van der Waals surface area contributed by atoms with Gasteiger partial charge in [-0.25, -0.2) is 4.79 Å². The summed E-state index contributed by atoms with van der Waals surface area (Å²) in [6, 6.07) is 17.0. The van der Waals surface area contributed by atoms with Crippen LogP contribution in [0, 0.1) is 11.8 Å². The molecular weight excluding hydrogens is 300 g/mol. The first-order chi connectivity index (χ1) is 11.7. The third-order valence-electron chi connectivity index (χ3n) is 3.39. The number of amides is 2. The second-order valence-corrected chi connectivity index (χ2v) is 5.34. The molecule has 0 aliphatic heterocycles. The van der Waals surface area contributed by atoms with Crippen molar-refractivity contribution in [2.75, 3.05) is 25.0 Å². The van der Waals surface area contributed by atoms with Crippen molar-refractivity contribution < 1.29 is 9.90 Å².